The summed E-state index contributed by atoms with van der Waals surface area (Å²) < 4.78 is 40.1. The summed E-state index contributed by atoms with van der Waals surface area (Å²) in [6, 6.07) is 11.1. The van der Waals surface area contributed by atoms with E-state index in [1.54, 1.807) is 6.07 Å². The average Bonchev–Trinajstić information content (AvgIpc) is 3.38. The number of amides is 2. The van der Waals surface area contributed by atoms with Crippen LogP contribution in [-0.4, -0.2) is 50.2 Å². The van der Waals surface area contributed by atoms with Gasteiger partial charge in [-0.2, -0.15) is 4.31 Å². The van der Waals surface area contributed by atoms with Crippen LogP contribution in [0.1, 0.15) is 29.6 Å². The minimum Gasteiger partial charge on any atom is -0.347 e. The van der Waals surface area contributed by atoms with E-state index in [9.17, 15) is 22.4 Å². The lowest BCUT2D eigenvalue weighted by atomic mass is 10.2. The fourth-order valence-corrected chi connectivity index (χ4v) is 5.34. The summed E-state index contributed by atoms with van der Waals surface area (Å²) in [4.78, 5) is 26.4. The molecule has 2 fully saturated rings. The Hall–Kier alpha value is -2.78. The number of sulfonamides is 1. The van der Waals surface area contributed by atoms with Crippen LogP contribution in [0.3, 0.4) is 0 Å². The summed E-state index contributed by atoms with van der Waals surface area (Å²) >= 11 is 0. The molecule has 2 aliphatic heterocycles. The van der Waals surface area contributed by atoms with Crippen molar-refractivity contribution in [3.8, 4) is 0 Å². The number of nitrogens with zero attached hydrogens (tertiary/aromatic N) is 2. The molecule has 158 valence electrons. The molecule has 30 heavy (non-hydrogen) atoms. The van der Waals surface area contributed by atoms with Gasteiger partial charge in [-0.1, -0.05) is 6.07 Å². The van der Waals surface area contributed by atoms with Gasteiger partial charge in [-0.3, -0.25) is 9.59 Å². The zero-order chi connectivity index (χ0) is 21.3. The third-order valence-corrected chi connectivity index (χ3v) is 7.31. The van der Waals surface area contributed by atoms with Crippen LogP contribution < -0.4 is 10.2 Å². The van der Waals surface area contributed by atoms with E-state index in [0.29, 0.717) is 24.3 Å². The Balaban J connectivity index is 1.41. The van der Waals surface area contributed by atoms with Gasteiger partial charge < -0.3 is 10.2 Å². The van der Waals surface area contributed by atoms with Crippen molar-refractivity contribution in [2.24, 2.45) is 0 Å². The molecule has 9 heteroatoms. The number of anilines is 1. The van der Waals surface area contributed by atoms with Gasteiger partial charge in [0.1, 0.15) is 5.82 Å². The summed E-state index contributed by atoms with van der Waals surface area (Å²) in [6.07, 6.45) is 1.82. The van der Waals surface area contributed by atoms with Crippen molar-refractivity contribution in [2.75, 3.05) is 24.5 Å². The van der Waals surface area contributed by atoms with Crippen molar-refractivity contribution in [2.45, 2.75) is 30.2 Å². The third kappa shape index (κ3) is 4.08. The second-order valence-corrected chi connectivity index (χ2v) is 9.43. The SMILES string of the molecule is O=C(N[C@H]1CC(=O)N(c2cccc(F)c2)C1)c1ccc(S(=O)(=O)N2CCCC2)cc1. The van der Waals surface area contributed by atoms with Crippen molar-refractivity contribution < 1.29 is 22.4 Å². The van der Waals surface area contributed by atoms with Gasteiger partial charge in [0.05, 0.1) is 10.9 Å². The van der Waals surface area contributed by atoms with Crippen molar-refractivity contribution in [3.63, 3.8) is 0 Å². The fourth-order valence-electron chi connectivity index (χ4n) is 3.82. The van der Waals surface area contributed by atoms with Gasteiger partial charge in [0.25, 0.3) is 5.91 Å². The number of carbonyl (C=O) groups excluding carboxylic acids is 2. The second kappa shape index (κ2) is 8.16. The Kier molecular flexibility index (Phi) is 5.57. The predicted molar refractivity (Wildman–Crippen MR) is 109 cm³/mol. The Morgan fingerprint density at radius 1 is 1.07 bits per heavy atom. The van der Waals surface area contributed by atoms with Crippen molar-refractivity contribution in [1.29, 1.82) is 0 Å². The molecule has 2 heterocycles. The summed E-state index contributed by atoms with van der Waals surface area (Å²) in [6.45, 7) is 1.28. The molecule has 2 aromatic rings. The van der Waals surface area contributed by atoms with Gasteiger partial charge in [-0.05, 0) is 55.3 Å². The molecular weight excluding hydrogens is 409 g/mol. The predicted octanol–water partition coefficient (Wildman–Crippen LogP) is 2.15. The van der Waals surface area contributed by atoms with Crippen LogP contribution in [0, 0.1) is 5.82 Å². The minimum absolute atomic E-state index is 0.115. The Morgan fingerprint density at radius 2 is 1.77 bits per heavy atom. The highest BCUT2D eigenvalue weighted by Gasteiger charge is 2.32. The van der Waals surface area contributed by atoms with E-state index >= 15 is 0 Å². The maximum absolute atomic E-state index is 13.4. The maximum Gasteiger partial charge on any atom is 0.251 e. The summed E-state index contributed by atoms with van der Waals surface area (Å²) in [7, 11) is -3.53. The smallest absolute Gasteiger partial charge is 0.251 e. The van der Waals surface area contributed by atoms with Crippen LogP contribution in [0.25, 0.3) is 0 Å². The van der Waals surface area contributed by atoms with E-state index in [4.69, 9.17) is 0 Å². The monoisotopic (exact) mass is 431 g/mol. The van der Waals surface area contributed by atoms with Gasteiger partial charge in [-0.25, -0.2) is 12.8 Å². The molecule has 2 amide bonds. The van der Waals surface area contributed by atoms with Crippen LogP contribution in [0.4, 0.5) is 10.1 Å². The van der Waals surface area contributed by atoms with E-state index in [1.807, 2.05) is 0 Å². The zero-order valence-electron chi connectivity index (χ0n) is 16.3. The first kappa shape index (κ1) is 20.5. The lowest BCUT2D eigenvalue weighted by Crippen LogP contribution is -2.37. The highest BCUT2D eigenvalue weighted by Crippen LogP contribution is 2.23. The summed E-state index contributed by atoms with van der Waals surface area (Å²) in [5.41, 5.74) is 0.764. The normalized spacial score (nSPS) is 20.0. The topological polar surface area (TPSA) is 86.8 Å². The number of hydrogen-bond donors (Lipinski definition) is 1. The molecule has 2 aromatic carbocycles. The van der Waals surface area contributed by atoms with Gasteiger partial charge in [0, 0.05) is 37.3 Å². The van der Waals surface area contributed by atoms with E-state index in [-0.39, 0.29) is 29.7 Å². The highest BCUT2D eigenvalue weighted by molar-refractivity contribution is 7.89. The molecule has 0 radical (unpaired) electrons. The Morgan fingerprint density at radius 3 is 2.43 bits per heavy atom. The van der Waals surface area contributed by atoms with Crippen LogP contribution in [-0.2, 0) is 14.8 Å². The van der Waals surface area contributed by atoms with Gasteiger partial charge >= 0.3 is 0 Å². The lowest BCUT2D eigenvalue weighted by molar-refractivity contribution is -0.117. The van der Waals surface area contributed by atoms with Gasteiger partial charge in [0.2, 0.25) is 15.9 Å². The van der Waals surface area contributed by atoms with Crippen LogP contribution in [0.15, 0.2) is 53.4 Å². The first-order chi connectivity index (χ1) is 14.3. The average molecular weight is 431 g/mol. The number of nitrogens with one attached hydrogen (secondary N) is 1. The molecule has 0 aromatic heterocycles. The van der Waals surface area contributed by atoms with Crippen molar-refractivity contribution >= 4 is 27.5 Å². The van der Waals surface area contributed by atoms with Gasteiger partial charge in [0.15, 0.2) is 0 Å². The quantitative estimate of drug-likeness (QED) is 0.786. The summed E-state index contributed by atoms with van der Waals surface area (Å²) in [5, 5.41) is 2.80. The molecule has 0 unspecified atom stereocenters. The molecule has 1 N–H and O–H groups in total. The number of rotatable bonds is 5. The molecule has 2 aliphatic rings. The standard InChI is InChI=1S/C21H22FN3O4S/c22-16-4-3-5-18(12-16)25-14-17(13-20(25)26)23-21(27)15-6-8-19(9-7-15)30(28,29)24-10-1-2-11-24/h3-9,12,17H,1-2,10-11,13-14H2,(H,23,27)/t17-/m0/s1. The Labute approximate surface area is 174 Å². The molecule has 7 nitrogen and oxygen atoms in total. The summed E-state index contributed by atoms with van der Waals surface area (Å²) in [5.74, 6) is -1.02. The van der Waals surface area contributed by atoms with Crippen molar-refractivity contribution in [1.82, 2.24) is 9.62 Å². The van der Waals surface area contributed by atoms with Crippen LogP contribution in [0.5, 0.6) is 0 Å². The molecule has 1 atom stereocenters. The number of carbonyl (C=O) groups is 2. The van der Waals surface area contributed by atoms with Crippen molar-refractivity contribution in [3.05, 3.63) is 59.9 Å². The highest BCUT2D eigenvalue weighted by atomic mass is 32.2. The third-order valence-electron chi connectivity index (χ3n) is 5.40. The molecule has 0 bridgehead atoms. The second-order valence-electron chi connectivity index (χ2n) is 7.49. The van der Waals surface area contributed by atoms with E-state index in [0.717, 1.165) is 12.8 Å². The molecular formula is C21H22FN3O4S. The molecule has 2 saturated heterocycles. The largest absolute Gasteiger partial charge is 0.347 e. The Bertz CT molecular complexity index is 1070. The minimum atomic E-state index is -3.53. The number of hydrogen-bond acceptors (Lipinski definition) is 4. The van der Waals surface area contributed by atoms with Crippen LogP contribution in [0.2, 0.25) is 0 Å². The number of halogens is 1. The fraction of sp³-hybridized carbons (Fsp3) is 0.333. The molecule has 0 saturated carbocycles. The maximum atomic E-state index is 13.4. The lowest BCUT2D eigenvalue weighted by Gasteiger charge is -2.17. The van der Waals surface area contributed by atoms with E-state index in [2.05, 4.69) is 5.32 Å². The molecule has 0 aliphatic carbocycles. The zero-order valence-corrected chi connectivity index (χ0v) is 17.1. The first-order valence-corrected chi connectivity index (χ1v) is 11.3. The molecule has 0 spiro atoms. The van der Waals surface area contributed by atoms with E-state index in [1.165, 1.54) is 51.7 Å². The number of benzene rings is 2. The van der Waals surface area contributed by atoms with Gasteiger partial charge in [-0.15, -0.1) is 0 Å². The van der Waals surface area contributed by atoms with Crippen LogP contribution >= 0.6 is 0 Å². The molecule has 4 rings (SSSR count). The van der Waals surface area contributed by atoms with E-state index < -0.39 is 21.9 Å². The first-order valence-electron chi connectivity index (χ1n) is 9.81.